The lowest BCUT2D eigenvalue weighted by Crippen LogP contribution is -2.39. The number of rotatable bonds is 3. The summed E-state index contributed by atoms with van der Waals surface area (Å²) in [6.45, 7) is 5.64. The molecular formula is C16H19ClN4O. The minimum Gasteiger partial charge on any atom is -0.489 e. The number of aromatic nitrogens is 3. The molecule has 0 aliphatic carbocycles. The smallest absolute Gasteiger partial charge is 0.137 e. The van der Waals surface area contributed by atoms with Crippen molar-refractivity contribution in [1.29, 1.82) is 0 Å². The predicted molar refractivity (Wildman–Crippen MR) is 86.6 cm³/mol. The molecule has 1 aliphatic heterocycles. The van der Waals surface area contributed by atoms with Gasteiger partial charge in [0.05, 0.1) is 6.20 Å². The monoisotopic (exact) mass is 318 g/mol. The Kier molecular flexibility index (Phi) is 4.43. The van der Waals surface area contributed by atoms with Crippen LogP contribution in [0.5, 0.6) is 5.75 Å². The van der Waals surface area contributed by atoms with E-state index in [1.165, 1.54) is 0 Å². The number of piperidine rings is 1. The average molecular weight is 319 g/mol. The Hall–Kier alpha value is -1.88. The maximum absolute atomic E-state index is 6.16. The molecule has 0 atom stereocenters. The normalized spacial score (nSPS) is 15.9. The van der Waals surface area contributed by atoms with Gasteiger partial charge in [0, 0.05) is 37.7 Å². The third-order valence-electron chi connectivity index (χ3n) is 3.85. The molecule has 0 bridgehead atoms. The Morgan fingerprint density at radius 3 is 2.68 bits per heavy atom. The second-order valence-corrected chi connectivity index (χ2v) is 5.86. The van der Waals surface area contributed by atoms with Crippen LogP contribution in [0.2, 0.25) is 5.15 Å². The summed E-state index contributed by atoms with van der Waals surface area (Å²) >= 11 is 6.16. The van der Waals surface area contributed by atoms with Gasteiger partial charge >= 0.3 is 0 Å². The van der Waals surface area contributed by atoms with Gasteiger partial charge in [-0.15, -0.1) is 0 Å². The van der Waals surface area contributed by atoms with E-state index in [0.717, 1.165) is 43.1 Å². The topological polar surface area (TPSA) is 51.1 Å². The van der Waals surface area contributed by atoms with Crippen LogP contribution in [0.4, 0.5) is 5.82 Å². The molecule has 116 valence electrons. The highest BCUT2D eigenvalue weighted by Gasteiger charge is 2.23. The van der Waals surface area contributed by atoms with E-state index >= 15 is 0 Å². The molecule has 0 unspecified atom stereocenters. The maximum Gasteiger partial charge on any atom is 0.137 e. The molecule has 0 N–H and O–H groups in total. The van der Waals surface area contributed by atoms with Gasteiger partial charge in [-0.05, 0) is 26.0 Å². The van der Waals surface area contributed by atoms with Crippen LogP contribution in [-0.2, 0) is 0 Å². The summed E-state index contributed by atoms with van der Waals surface area (Å²) in [5, 5.41) is 0.538. The van der Waals surface area contributed by atoms with Crippen LogP contribution in [0.15, 0.2) is 24.5 Å². The van der Waals surface area contributed by atoms with Crippen molar-refractivity contribution in [2.45, 2.75) is 32.8 Å². The van der Waals surface area contributed by atoms with Gasteiger partial charge in [0.25, 0.3) is 0 Å². The summed E-state index contributed by atoms with van der Waals surface area (Å²) in [6, 6.07) is 3.83. The molecule has 0 aromatic carbocycles. The number of aryl methyl sites for hydroxylation is 1. The van der Waals surface area contributed by atoms with Crippen LogP contribution in [0.25, 0.3) is 0 Å². The fourth-order valence-electron chi connectivity index (χ4n) is 2.68. The molecule has 0 spiro atoms. The van der Waals surface area contributed by atoms with Crippen molar-refractivity contribution < 1.29 is 4.74 Å². The fourth-order valence-corrected chi connectivity index (χ4v) is 2.89. The van der Waals surface area contributed by atoms with E-state index in [-0.39, 0.29) is 6.10 Å². The zero-order valence-corrected chi connectivity index (χ0v) is 13.5. The highest BCUT2D eigenvalue weighted by atomic mass is 35.5. The Morgan fingerprint density at radius 1 is 1.23 bits per heavy atom. The molecule has 0 amide bonds. The molecule has 1 fully saturated rings. The second-order valence-electron chi connectivity index (χ2n) is 5.50. The quantitative estimate of drug-likeness (QED) is 0.813. The van der Waals surface area contributed by atoms with Crippen molar-refractivity contribution in [1.82, 2.24) is 15.0 Å². The van der Waals surface area contributed by atoms with Gasteiger partial charge in [-0.3, -0.25) is 4.98 Å². The first-order chi connectivity index (χ1) is 10.6. The van der Waals surface area contributed by atoms with Crippen molar-refractivity contribution >= 4 is 17.4 Å². The third kappa shape index (κ3) is 3.30. The number of ether oxygens (including phenoxy) is 1. The standard InChI is InChI=1S/C16H19ClN4O/c1-11-15(17)19-12(2)20-16(11)21-8-5-13(6-9-21)22-14-4-3-7-18-10-14/h3-4,7,10,13H,5-6,8-9H2,1-2H3. The summed E-state index contributed by atoms with van der Waals surface area (Å²) < 4.78 is 5.97. The molecule has 0 radical (unpaired) electrons. The predicted octanol–water partition coefficient (Wildman–Crippen LogP) is 3.19. The van der Waals surface area contributed by atoms with Crippen molar-refractivity contribution in [2.75, 3.05) is 18.0 Å². The van der Waals surface area contributed by atoms with Crippen molar-refractivity contribution in [2.24, 2.45) is 0 Å². The zero-order valence-electron chi connectivity index (χ0n) is 12.8. The molecule has 1 aliphatic rings. The van der Waals surface area contributed by atoms with E-state index in [9.17, 15) is 0 Å². The Bertz CT molecular complexity index is 642. The number of halogens is 1. The van der Waals surface area contributed by atoms with Gasteiger partial charge < -0.3 is 9.64 Å². The molecule has 6 heteroatoms. The lowest BCUT2D eigenvalue weighted by molar-refractivity contribution is 0.170. The van der Waals surface area contributed by atoms with Crippen LogP contribution in [0.3, 0.4) is 0 Å². The summed E-state index contributed by atoms with van der Waals surface area (Å²) in [5.74, 6) is 2.48. The van der Waals surface area contributed by atoms with Crippen LogP contribution in [0, 0.1) is 13.8 Å². The van der Waals surface area contributed by atoms with Crippen molar-refractivity contribution in [3.05, 3.63) is 41.1 Å². The summed E-state index contributed by atoms with van der Waals surface area (Å²) in [7, 11) is 0. The minimum atomic E-state index is 0.221. The van der Waals surface area contributed by atoms with E-state index in [0.29, 0.717) is 11.0 Å². The lowest BCUT2D eigenvalue weighted by Gasteiger charge is -2.33. The lowest BCUT2D eigenvalue weighted by atomic mass is 10.1. The van der Waals surface area contributed by atoms with E-state index in [2.05, 4.69) is 19.9 Å². The van der Waals surface area contributed by atoms with Crippen LogP contribution in [-0.4, -0.2) is 34.1 Å². The van der Waals surface area contributed by atoms with Gasteiger partial charge in [-0.25, -0.2) is 9.97 Å². The van der Waals surface area contributed by atoms with Gasteiger partial charge in [-0.2, -0.15) is 0 Å². The van der Waals surface area contributed by atoms with E-state index in [1.54, 1.807) is 12.4 Å². The number of nitrogens with zero attached hydrogens (tertiary/aromatic N) is 4. The highest BCUT2D eigenvalue weighted by Crippen LogP contribution is 2.27. The Labute approximate surface area is 135 Å². The Balaban J connectivity index is 1.65. The molecule has 2 aromatic rings. The van der Waals surface area contributed by atoms with Gasteiger partial charge in [-0.1, -0.05) is 11.6 Å². The molecule has 2 aromatic heterocycles. The van der Waals surface area contributed by atoms with Crippen LogP contribution >= 0.6 is 11.6 Å². The molecule has 3 heterocycles. The van der Waals surface area contributed by atoms with Gasteiger partial charge in [0.1, 0.15) is 28.6 Å². The molecule has 0 saturated carbocycles. The maximum atomic E-state index is 6.16. The number of hydrogen-bond donors (Lipinski definition) is 0. The summed E-state index contributed by atoms with van der Waals surface area (Å²) in [5.41, 5.74) is 0.943. The number of hydrogen-bond acceptors (Lipinski definition) is 5. The SMILES string of the molecule is Cc1nc(Cl)c(C)c(N2CCC(Oc3cccnc3)CC2)n1. The molecule has 3 rings (SSSR count). The number of anilines is 1. The second kappa shape index (κ2) is 6.48. The Morgan fingerprint density at radius 2 is 2.00 bits per heavy atom. The largest absolute Gasteiger partial charge is 0.489 e. The summed E-state index contributed by atoms with van der Waals surface area (Å²) in [4.78, 5) is 15.1. The zero-order chi connectivity index (χ0) is 15.5. The fraction of sp³-hybridized carbons (Fsp3) is 0.438. The first kappa shape index (κ1) is 15.0. The van der Waals surface area contributed by atoms with E-state index < -0.39 is 0 Å². The average Bonchev–Trinajstić information content (AvgIpc) is 2.53. The van der Waals surface area contributed by atoms with Crippen molar-refractivity contribution in [3.8, 4) is 5.75 Å². The highest BCUT2D eigenvalue weighted by molar-refractivity contribution is 6.30. The molecule has 1 saturated heterocycles. The van der Waals surface area contributed by atoms with E-state index in [4.69, 9.17) is 16.3 Å². The van der Waals surface area contributed by atoms with Crippen LogP contribution in [0.1, 0.15) is 24.2 Å². The first-order valence-corrected chi connectivity index (χ1v) is 7.83. The minimum absolute atomic E-state index is 0.221. The number of pyridine rings is 1. The van der Waals surface area contributed by atoms with Gasteiger partial charge in [0.2, 0.25) is 0 Å². The van der Waals surface area contributed by atoms with Gasteiger partial charge in [0.15, 0.2) is 0 Å². The molecule has 22 heavy (non-hydrogen) atoms. The summed E-state index contributed by atoms with van der Waals surface area (Å²) in [6.07, 6.45) is 5.63. The first-order valence-electron chi connectivity index (χ1n) is 7.46. The van der Waals surface area contributed by atoms with E-state index in [1.807, 2.05) is 26.0 Å². The van der Waals surface area contributed by atoms with Crippen molar-refractivity contribution in [3.63, 3.8) is 0 Å². The van der Waals surface area contributed by atoms with Crippen LogP contribution < -0.4 is 9.64 Å². The molecular weight excluding hydrogens is 300 g/mol. The third-order valence-corrected chi connectivity index (χ3v) is 4.22. The molecule has 5 nitrogen and oxygen atoms in total.